The summed E-state index contributed by atoms with van der Waals surface area (Å²) in [6.07, 6.45) is 19.0. The van der Waals surface area contributed by atoms with Gasteiger partial charge >= 0.3 is 0 Å². The number of benzene rings is 1. The number of hydrogen-bond donors (Lipinski definition) is 1. The van der Waals surface area contributed by atoms with Crippen LogP contribution in [0.4, 0.5) is 0 Å². The molecule has 1 aromatic carbocycles. The maximum Gasteiger partial charge on any atom is 0.122 e. The Hall–Kier alpha value is -0.980. The highest BCUT2D eigenvalue weighted by atomic mass is 16.3. The second-order valence-corrected chi connectivity index (χ2v) is 11.1. The third-order valence-corrected chi connectivity index (χ3v) is 7.20. The van der Waals surface area contributed by atoms with Gasteiger partial charge in [0, 0.05) is 0 Å². The smallest absolute Gasteiger partial charge is 0.122 e. The van der Waals surface area contributed by atoms with Crippen LogP contribution in [0.5, 0.6) is 5.75 Å². The summed E-state index contributed by atoms with van der Waals surface area (Å²) in [6, 6.07) is 4.54. The Kier molecular flexibility index (Phi) is 13.5. The van der Waals surface area contributed by atoms with Crippen molar-refractivity contribution in [2.75, 3.05) is 0 Å². The molecule has 0 saturated heterocycles. The lowest BCUT2D eigenvalue weighted by Crippen LogP contribution is -2.13. The lowest BCUT2D eigenvalue weighted by molar-refractivity contribution is 0.442. The van der Waals surface area contributed by atoms with E-state index in [0.29, 0.717) is 17.6 Å². The number of unbranched alkanes of at least 4 members (excludes halogenated alkanes) is 11. The van der Waals surface area contributed by atoms with Crippen LogP contribution >= 0.6 is 0 Å². The summed E-state index contributed by atoms with van der Waals surface area (Å²) in [5.74, 6) is 1.39. The van der Waals surface area contributed by atoms with Gasteiger partial charge in [-0.25, -0.2) is 0 Å². The fraction of sp³-hybridized carbons (Fsp3) is 0.800. The second kappa shape index (κ2) is 15.0. The van der Waals surface area contributed by atoms with Gasteiger partial charge in [0.2, 0.25) is 0 Å². The van der Waals surface area contributed by atoms with E-state index in [1.54, 1.807) is 0 Å². The Labute approximate surface area is 195 Å². The van der Waals surface area contributed by atoms with Gasteiger partial charge in [0.25, 0.3) is 0 Å². The molecule has 0 fully saturated rings. The van der Waals surface area contributed by atoms with Crippen LogP contribution in [0.15, 0.2) is 12.1 Å². The molecular formula is C30H54O. The average Bonchev–Trinajstić information content (AvgIpc) is 2.73. The van der Waals surface area contributed by atoms with Crippen LogP contribution in [-0.2, 0) is 5.41 Å². The quantitative estimate of drug-likeness (QED) is 0.258. The van der Waals surface area contributed by atoms with Crippen molar-refractivity contribution in [1.29, 1.82) is 0 Å². The molecule has 0 heterocycles. The zero-order chi connectivity index (χ0) is 23.3. The molecule has 180 valence electrons. The predicted octanol–water partition coefficient (Wildman–Crippen LogP) is 10.4. The van der Waals surface area contributed by atoms with Crippen LogP contribution in [0.25, 0.3) is 0 Å². The molecule has 1 aromatic rings. The Bertz CT molecular complexity index is 595. The monoisotopic (exact) mass is 430 g/mol. The molecule has 2 atom stereocenters. The molecule has 1 rings (SSSR count). The predicted molar refractivity (Wildman–Crippen MR) is 140 cm³/mol. The third-order valence-electron chi connectivity index (χ3n) is 7.20. The Morgan fingerprint density at radius 1 is 0.677 bits per heavy atom. The minimum absolute atomic E-state index is 0.111. The van der Waals surface area contributed by atoms with Crippen molar-refractivity contribution in [2.24, 2.45) is 0 Å². The molecule has 1 N–H and O–H groups in total. The summed E-state index contributed by atoms with van der Waals surface area (Å²) in [7, 11) is 0. The molecule has 0 aliphatic heterocycles. The minimum atomic E-state index is 0.111. The number of rotatable bonds is 16. The van der Waals surface area contributed by atoms with Gasteiger partial charge in [-0.15, -0.1) is 0 Å². The molecule has 0 spiro atoms. The first-order valence-electron chi connectivity index (χ1n) is 13.6. The summed E-state index contributed by atoms with van der Waals surface area (Å²) < 4.78 is 0. The van der Waals surface area contributed by atoms with Crippen molar-refractivity contribution in [3.8, 4) is 5.75 Å². The molecule has 0 amide bonds. The third kappa shape index (κ3) is 10.5. The molecule has 0 radical (unpaired) electrons. The normalized spacial score (nSPS) is 14.0. The number of aromatic hydroxyl groups is 1. The van der Waals surface area contributed by atoms with Gasteiger partial charge in [0.1, 0.15) is 5.75 Å². The van der Waals surface area contributed by atoms with Gasteiger partial charge in [0.15, 0.2) is 0 Å². The van der Waals surface area contributed by atoms with E-state index in [2.05, 4.69) is 60.6 Å². The first-order valence-corrected chi connectivity index (χ1v) is 13.6. The molecule has 0 aromatic heterocycles. The van der Waals surface area contributed by atoms with Gasteiger partial charge in [0.05, 0.1) is 0 Å². The van der Waals surface area contributed by atoms with Crippen molar-refractivity contribution < 1.29 is 5.11 Å². The Balaban J connectivity index is 2.44. The summed E-state index contributed by atoms with van der Waals surface area (Å²) in [4.78, 5) is 0. The standard InChI is InChI=1S/C30H54O/c1-8-10-11-12-13-14-15-16-17-18-19-20-21-25(4)28-23-26(30(5,6)7)22-27(29(28)31)24(3)9-2/h22-25,31H,8-21H2,1-7H3. The zero-order valence-electron chi connectivity index (χ0n) is 22.2. The SMILES string of the molecule is CCCCCCCCCCCCCCC(C)c1cc(C(C)(C)C)cc(C(C)CC)c1O. The Morgan fingerprint density at radius 2 is 1.10 bits per heavy atom. The van der Waals surface area contributed by atoms with Crippen molar-refractivity contribution in [3.63, 3.8) is 0 Å². The van der Waals surface area contributed by atoms with Gasteiger partial charge in [-0.2, -0.15) is 0 Å². The van der Waals surface area contributed by atoms with Gasteiger partial charge < -0.3 is 5.11 Å². The second-order valence-electron chi connectivity index (χ2n) is 11.1. The van der Waals surface area contributed by atoms with Crippen LogP contribution in [0.1, 0.15) is 167 Å². The lowest BCUT2D eigenvalue weighted by Gasteiger charge is -2.26. The molecule has 1 heteroatoms. The van der Waals surface area contributed by atoms with E-state index in [9.17, 15) is 5.11 Å². The molecule has 0 bridgehead atoms. The van der Waals surface area contributed by atoms with Crippen LogP contribution < -0.4 is 0 Å². The molecule has 1 nitrogen and oxygen atoms in total. The molecule has 0 saturated carbocycles. The fourth-order valence-electron chi connectivity index (χ4n) is 4.53. The van der Waals surface area contributed by atoms with E-state index >= 15 is 0 Å². The topological polar surface area (TPSA) is 20.2 Å². The average molecular weight is 431 g/mol. The van der Waals surface area contributed by atoms with Crippen molar-refractivity contribution >= 4 is 0 Å². The zero-order valence-corrected chi connectivity index (χ0v) is 22.2. The minimum Gasteiger partial charge on any atom is -0.507 e. The number of hydrogen-bond acceptors (Lipinski definition) is 1. The van der Waals surface area contributed by atoms with E-state index in [-0.39, 0.29) is 5.41 Å². The van der Waals surface area contributed by atoms with E-state index in [1.807, 2.05) is 0 Å². The van der Waals surface area contributed by atoms with Crippen molar-refractivity contribution in [1.82, 2.24) is 0 Å². The van der Waals surface area contributed by atoms with Crippen LogP contribution in [0, 0.1) is 0 Å². The summed E-state index contributed by atoms with van der Waals surface area (Å²) >= 11 is 0. The van der Waals surface area contributed by atoms with Crippen LogP contribution in [0.2, 0.25) is 0 Å². The highest BCUT2D eigenvalue weighted by Crippen LogP contribution is 2.40. The number of phenols is 1. The summed E-state index contributed by atoms with van der Waals surface area (Å²) in [6.45, 7) is 15.9. The van der Waals surface area contributed by atoms with Crippen LogP contribution in [-0.4, -0.2) is 5.11 Å². The molecule has 0 aliphatic carbocycles. The number of phenolic OH excluding ortho intramolecular Hbond substituents is 1. The highest BCUT2D eigenvalue weighted by molar-refractivity contribution is 5.48. The maximum atomic E-state index is 11.0. The lowest BCUT2D eigenvalue weighted by atomic mass is 9.80. The molecular weight excluding hydrogens is 376 g/mol. The summed E-state index contributed by atoms with van der Waals surface area (Å²) in [5, 5.41) is 11.0. The largest absolute Gasteiger partial charge is 0.507 e. The van der Waals surface area contributed by atoms with Crippen molar-refractivity contribution in [3.05, 3.63) is 28.8 Å². The van der Waals surface area contributed by atoms with Crippen molar-refractivity contribution in [2.45, 2.75) is 156 Å². The van der Waals surface area contributed by atoms with E-state index in [4.69, 9.17) is 0 Å². The Morgan fingerprint density at radius 3 is 1.52 bits per heavy atom. The van der Waals surface area contributed by atoms with Crippen LogP contribution in [0.3, 0.4) is 0 Å². The van der Waals surface area contributed by atoms with E-state index in [0.717, 1.165) is 12.0 Å². The molecule has 31 heavy (non-hydrogen) atoms. The fourth-order valence-corrected chi connectivity index (χ4v) is 4.53. The highest BCUT2D eigenvalue weighted by Gasteiger charge is 2.22. The first kappa shape index (κ1) is 28.1. The van der Waals surface area contributed by atoms with Gasteiger partial charge in [-0.3, -0.25) is 0 Å². The van der Waals surface area contributed by atoms with Gasteiger partial charge in [-0.1, -0.05) is 138 Å². The summed E-state index contributed by atoms with van der Waals surface area (Å²) in [5.41, 5.74) is 3.79. The van der Waals surface area contributed by atoms with E-state index < -0.39 is 0 Å². The first-order chi connectivity index (χ1) is 14.7. The molecule has 0 aliphatic rings. The van der Waals surface area contributed by atoms with E-state index in [1.165, 1.54) is 94.6 Å². The maximum absolute atomic E-state index is 11.0. The van der Waals surface area contributed by atoms with Gasteiger partial charge in [-0.05, 0) is 46.8 Å². The molecule has 2 unspecified atom stereocenters.